The molecule has 0 saturated heterocycles. The molecule has 0 fully saturated rings. The normalized spacial score (nSPS) is 13.5. The van der Waals surface area contributed by atoms with Gasteiger partial charge in [0.15, 0.2) is 0 Å². The van der Waals surface area contributed by atoms with Gasteiger partial charge in [-0.05, 0) is 29.8 Å². The fourth-order valence-electron chi connectivity index (χ4n) is 2.37. The number of halogens is 2. The van der Waals surface area contributed by atoms with Crippen LogP contribution in [0.15, 0.2) is 36.4 Å². The molecule has 21 heavy (non-hydrogen) atoms. The summed E-state index contributed by atoms with van der Waals surface area (Å²) < 4.78 is 5.85. The maximum absolute atomic E-state index is 11.9. The first-order valence-electron chi connectivity index (χ1n) is 6.50. The lowest BCUT2D eigenvalue weighted by Gasteiger charge is -2.11. The Kier molecular flexibility index (Phi) is 3.79. The molecule has 0 N–H and O–H groups in total. The first-order valence-corrected chi connectivity index (χ1v) is 7.26. The molecule has 0 unspecified atom stereocenters. The zero-order chi connectivity index (χ0) is 15.0. The smallest absolute Gasteiger partial charge is 0.254 e. The molecule has 1 aliphatic heterocycles. The average Bonchev–Trinajstić information content (AvgIpc) is 2.76. The predicted molar refractivity (Wildman–Crippen MR) is 83.0 cm³/mol. The zero-order valence-corrected chi connectivity index (χ0v) is 12.9. The Morgan fingerprint density at radius 1 is 1.19 bits per heavy atom. The van der Waals surface area contributed by atoms with Crippen LogP contribution in [0.5, 0.6) is 5.75 Å². The molecule has 0 spiro atoms. The average molecular weight is 322 g/mol. The van der Waals surface area contributed by atoms with E-state index in [0.717, 1.165) is 16.9 Å². The molecule has 108 valence electrons. The molecule has 1 aliphatic rings. The van der Waals surface area contributed by atoms with E-state index in [1.807, 2.05) is 24.3 Å². The van der Waals surface area contributed by atoms with Gasteiger partial charge in [-0.1, -0.05) is 35.3 Å². The second-order valence-electron chi connectivity index (χ2n) is 4.98. The van der Waals surface area contributed by atoms with E-state index in [1.54, 1.807) is 24.1 Å². The van der Waals surface area contributed by atoms with Gasteiger partial charge in [0.1, 0.15) is 12.4 Å². The van der Waals surface area contributed by atoms with Crippen molar-refractivity contribution < 1.29 is 9.53 Å². The number of rotatable bonds is 3. The Hall–Kier alpha value is -1.71. The predicted octanol–water partition coefficient (Wildman–Crippen LogP) is 4.16. The standard InChI is InChI=1S/C16H13Cl2NO2/c1-19-8-12-11(16(19)20)3-2-4-15(12)21-9-10-5-6-13(17)14(18)7-10/h2-7H,8-9H2,1H3. The molecule has 0 saturated carbocycles. The molecule has 2 aromatic rings. The molecule has 3 nitrogen and oxygen atoms in total. The van der Waals surface area contributed by atoms with Crippen molar-refractivity contribution in [2.24, 2.45) is 0 Å². The van der Waals surface area contributed by atoms with Gasteiger partial charge in [-0.15, -0.1) is 0 Å². The minimum absolute atomic E-state index is 0.0324. The molecule has 5 heteroatoms. The number of benzene rings is 2. The summed E-state index contributed by atoms with van der Waals surface area (Å²) in [6, 6.07) is 10.9. The van der Waals surface area contributed by atoms with E-state index >= 15 is 0 Å². The monoisotopic (exact) mass is 321 g/mol. The number of carbonyl (C=O) groups excluding carboxylic acids is 1. The minimum atomic E-state index is 0.0324. The summed E-state index contributed by atoms with van der Waals surface area (Å²) in [5.74, 6) is 0.765. The Bertz CT molecular complexity index is 715. The summed E-state index contributed by atoms with van der Waals surface area (Å²) >= 11 is 11.9. The van der Waals surface area contributed by atoms with Crippen molar-refractivity contribution in [2.45, 2.75) is 13.2 Å². The number of hydrogen-bond donors (Lipinski definition) is 0. The number of fused-ring (bicyclic) bond motifs is 1. The first kappa shape index (κ1) is 14.2. The third kappa shape index (κ3) is 2.71. The highest BCUT2D eigenvalue weighted by Gasteiger charge is 2.27. The van der Waals surface area contributed by atoms with Gasteiger partial charge in [0, 0.05) is 18.2 Å². The molecule has 3 rings (SSSR count). The Morgan fingerprint density at radius 3 is 2.76 bits per heavy atom. The van der Waals surface area contributed by atoms with Crippen molar-refractivity contribution >= 4 is 29.1 Å². The molecule has 0 radical (unpaired) electrons. The summed E-state index contributed by atoms with van der Waals surface area (Å²) in [7, 11) is 1.78. The largest absolute Gasteiger partial charge is 0.489 e. The van der Waals surface area contributed by atoms with Crippen molar-refractivity contribution in [3.05, 3.63) is 63.1 Å². The summed E-state index contributed by atoms with van der Waals surface area (Å²) in [4.78, 5) is 13.6. The van der Waals surface area contributed by atoms with Crippen molar-refractivity contribution in [3.63, 3.8) is 0 Å². The Morgan fingerprint density at radius 2 is 2.00 bits per heavy atom. The van der Waals surface area contributed by atoms with Gasteiger partial charge in [0.2, 0.25) is 0 Å². The SMILES string of the molecule is CN1Cc2c(OCc3ccc(Cl)c(Cl)c3)cccc2C1=O. The third-order valence-corrected chi connectivity index (χ3v) is 4.22. The van der Waals surface area contributed by atoms with Crippen LogP contribution in [0.4, 0.5) is 0 Å². The summed E-state index contributed by atoms with van der Waals surface area (Å²) in [5, 5.41) is 1.03. The molecule has 2 aromatic carbocycles. The Balaban J connectivity index is 1.81. The molecular weight excluding hydrogens is 309 g/mol. The highest BCUT2D eigenvalue weighted by Crippen LogP contribution is 2.31. The summed E-state index contributed by atoms with van der Waals surface area (Å²) in [5.41, 5.74) is 2.58. The summed E-state index contributed by atoms with van der Waals surface area (Å²) in [6.45, 7) is 0.955. The van der Waals surface area contributed by atoms with Gasteiger partial charge in [0.25, 0.3) is 5.91 Å². The van der Waals surface area contributed by atoms with Gasteiger partial charge < -0.3 is 9.64 Å². The van der Waals surface area contributed by atoms with Crippen LogP contribution in [0.2, 0.25) is 10.0 Å². The van der Waals surface area contributed by atoms with Gasteiger partial charge in [-0.2, -0.15) is 0 Å². The number of hydrogen-bond acceptors (Lipinski definition) is 2. The molecule has 0 atom stereocenters. The molecular formula is C16H13Cl2NO2. The van der Waals surface area contributed by atoms with Crippen LogP contribution in [0, 0.1) is 0 Å². The van der Waals surface area contributed by atoms with Crippen molar-refractivity contribution in [2.75, 3.05) is 7.05 Å². The van der Waals surface area contributed by atoms with E-state index in [9.17, 15) is 4.79 Å². The lowest BCUT2D eigenvalue weighted by molar-refractivity contribution is 0.0816. The van der Waals surface area contributed by atoms with Gasteiger partial charge >= 0.3 is 0 Å². The number of carbonyl (C=O) groups is 1. The van der Waals surface area contributed by atoms with Crippen LogP contribution in [0.25, 0.3) is 0 Å². The van der Waals surface area contributed by atoms with E-state index in [2.05, 4.69) is 0 Å². The second-order valence-corrected chi connectivity index (χ2v) is 5.80. The molecule has 0 bridgehead atoms. The van der Waals surface area contributed by atoms with Gasteiger partial charge in [-0.3, -0.25) is 4.79 Å². The maximum Gasteiger partial charge on any atom is 0.254 e. The second kappa shape index (κ2) is 5.58. The van der Waals surface area contributed by atoms with E-state index < -0.39 is 0 Å². The van der Waals surface area contributed by atoms with Crippen LogP contribution in [-0.2, 0) is 13.2 Å². The topological polar surface area (TPSA) is 29.5 Å². The fourth-order valence-corrected chi connectivity index (χ4v) is 2.69. The summed E-state index contributed by atoms with van der Waals surface area (Å²) in [6.07, 6.45) is 0. The van der Waals surface area contributed by atoms with E-state index in [0.29, 0.717) is 28.8 Å². The highest BCUT2D eigenvalue weighted by molar-refractivity contribution is 6.42. The number of amides is 1. The molecule has 0 aromatic heterocycles. The molecule has 0 aliphatic carbocycles. The minimum Gasteiger partial charge on any atom is -0.489 e. The lowest BCUT2D eigenvalue weighted by atomic mass is 10.1. The van der Waals surface area contributed by atoms with Crippen molar-refractivity contribution in [1.29, 1.82) is 0 Å². The first-order chi connectivity index (χ1) is 10.1. The van der Waals surface area contributed by atoms with Crippen molar-refractivity contribution in [1.82, 2.24) is 4.90 Å². The molecule has 1 heterocycles. The van der Waals surface area contributed by atoms with Crippen LogP contribution >= 0.6 is 23.2 Å². The maximum atomic E-state index is 11.9. The quantitative estimate of drug-likeness (QED) is 0.849. The highest BCUT2D eigenvalue weighted by atomic mass is 35.5. The fraction of sp³-hybridized carbons (Fsp3) is 0.188. The number of nitrogens with zero attached hydrogens (tertiary/aromatic N) is 1. The van der Waals surface area contributed by atoms with Crippen LogP contribution in [0.3, 0.4) is 0 Å². The third-order valence-electron chi connectivity index (χ3n) is 3.48. The van der Waals surface area contributed by atoms with Crippen LogP contribution in [0.1, 0.15) is 21.5 Å². The van der Waals surface area contributed by atoms with Gasteiger partial charge in [0.05, 0.1) is 16.6 Å². The molecule has 1 amide bonds. The van der Waals surface area contributed by atoms with Crippen LogP contribution in [-0.4, -0.2) is 17.9 Å². The number of ether oxygens (including phenoxy) is 1. The van der Waals surface area contributed by atoms with E-state index in [4.69, 9.17) is 27.9 Å². The zero-order valence-electron chi connectivity index (χ0n) is 11.4. The Labute approximate surface area is 133 Å². The van der Waals surface area contributed by atoms with E-state index in [-0.39, 0.29) is 5.91 Å². The van der Waals surface area contributed by atoms with E-state index in [1.165, 1.54) is 0 Å². The lowest BCUT2D eigenvalue weighted by Crippen LogP contribution is -2.17. The van der Waals surface area contributed by atoms with Gasteiger partial charge in [-0.25, -0.2) is 0 Å². The van der Waals surface area contributed by atoms with Crippen molar-refractivity contribution in [3.8, 4) is 5.75 Å². The van der Waals surface area contributed by atoms with Crippen LogP contribution < -0.4 is 4.74 Å².